The molecule has 14 nitrogen and oxygen atoms in total. The molecule has 0 radical (unpaired) electrons. The van der Waals surface area contributed by atoms with Crippen molar-refractivity contribution in [3.8, 4) is 0 Å². The van der Waals surface area contributed by atoms with E-state index in [2.05, 4.69) is 31.8 Å². The number of fused-ring (bicyclic) bond motifs is 1. The third kappa shape index (κ3) is 4.42. The summed E-state index contributed by atoms with van der Waals surface area (Å²) >= 11 is 3.79. The average Bonchev–Trinajstić information content (AvgIpc) is 3.22. The van der Waals surface area contributed by atoms with Crippen LogP contribution in [0, 0.1) is 0 Å². The number of nitrogens with one attached hydrogen (secondary N) is 1. The van der Waals surface area contributed by atoms with Gasteiger partial charge in [-0.2, -0.15) is 21.0 Å². The molecule has 2 aromatic heterocycles. The first-order valence-corrected chi connectivity index (χ1v) is 10.2. The molecule has 1 aliphatic heterocycles. The van der Waals surface area contributed by atoms with Gasteiger partial charge in [-0.1, -0.05) is 0 Å². The topological polar surface area (TPSA) is 218 Å². The molecule has 1 fully saturated rings. The van der Waals surface area contributed by atoms with Gasteiger partial charge in [-0.05, 0) is 0 Å². The summed E-state index contributed by atoms with van der Waals surface area (Å²) in [6.07, 6.45) is -2.85. The molecule has 1 amide bonds. The Bertz CT molecular complexity index is 1000. The van der Waals surface area contributed by atoms with E-state index in [1.165, 1.54) is 17.2 Å². The van der Waals surface area contributed by atoms with Gasteiger partial charge in [0.25, 0.3) is 5.91 Å². The molecule has 29 heavy (non-hydrogen) atoms. The monoisotopic (exact) mass is 449 g/mol. The highest BCUT2D eigenvalue weighted by molar-refractivity contribution is 7.85. The van der Waals surface area contributed by atoms with Crippen LogP contribution in [0.5, 0.6) is 0 Å². The maximum absolute atomic E-state index is 11.8. The van der Waals surface area contributed by atoms with Crippen LogP contribution in [0.1, 0.15) is 6.23 Å². The summed E-state index contributed by atoms with van der Waals surface area (Å²) in [5.41, 5.74) is 11.6. The third-order valence-electron chi connectivity index (χ3n) is 4.14. The molecule has 0 bridgehead atoms. The van der Waals surface area contributed by atoms with E-state index in [1.807, 2.05) is 0 Å². The number of imidazole rings is 1. The van der Waals surface area contributed by atoms with Crippen molar-refractivity contribution in [2.75, 3.05) is 18.1 Å². The number of carbonyl (C=O) groups is 1. The number of nitrogens with two attached hydrogens (primary N) is 2. The molecule has 0 spiro atoms. The molecule has 1 saturated heterocycles. The van der Waals surface area contributed by atoms with Crippen LogP contribution in [0.3, 0.4) is 0 Å². The molecule has 3 heterocycles. The summed E-state index contributed by atoms with van der Waals surface area (Å²) in [7, 11) is -4.52. The smallest absolute Gasteiger partial charge is 0.362 e. The van der Waals surface area contributed by atoms with Crippen molar-refractivity contribution in [1.82, 2.24) is 24.2 Å². The van der Waals surface area contributed by atoms with Crippen molar-refractivity contribution >= 4 is 45.8 Å². The van der Waals surface area contributed by atoms with Gasteiger partial charge in [-0.15, -0.1) is 0 Å². The van der Waals surface area contributed by atoms with Crippen molar-refractivity contribution in [1.29, 1.82) is 0 Å². The number of carbonyl (C=O) groups excluding carboxylic acids is 1. The van der Waals surface area contributed by atoms with Crippen LogP contribution in [0.4, 0.5) is 5.82 Å². The van der Waals surface area contributed by atoms with Crippen LogP contribution in [0.15, 0.2) is 12.7 Å². The number of hydrogen-bond donors (Lipinski definition) is 6. The highest BCUT2D eigenvalue weighted by Gasteiger charge is 2.45. The molecular formula is C13H19N7O7S2. The standard InChI is InChI=1S/C13H19N7O7S2/c14-5(2-28)12(23)19-29(24,25)26-1-6-8(21)9(22)13(27-6)20-4-18-7-10(15)16-3-17-11(7)20/h3-6,8-9,13,21-22,28H,1-2,14H2,(H,19,23)(H2,15,16,17). The van der Waals surface area contributed by atoms with Crippen molar-refractivity contribution in [3.63, 3.8) is 0 Å². The first-order valence-electron chi connectivity index (χ1n) is 8.16. The number of aliphatic hydroxyl groups is 2. The Labute approximate surface area is 169 Å². The number of nitrogen functional groups attached to an aromatic ring is 1. The number of rotatable bonds is 7. The number of ether oxygens (including phenoxy) is 1. The second-order valence-electron chi connectivity index (χ2n) is 6.12. The third-order valence-corrected chi connectivity index (χ3v) is 5.44. The van der Waals surface area contributed by atoms with E-state index in [-0.39, 0.29) is 22.7 Å². The number of hydrogen-bond acceptors (Lipinski definition) is 13. The normalized spacial score (nSPS) is 25.9. The number of anilines is 1. The summed E-state index contributed by atoms with van der Waals surface area (Å²) < 4.78 is 36.8. The zero-order valence-corrected chi connectivity index (χ0v) is 16.4. The van der Waals surface area contributed by atoms with Crippen LogP contribution in [0.25, 0.3) is 11.2 Å². The molecule has 5 atom stereocenters. The Morgan fingerprint density at radius 2 is 2.10 bits per heavy atom. The lowest BCUT2D eigenvalue weighted by Gasteiger charge is -2.16. The van der Waals surface area contributed by atoms with Gasteiger partial charge in [0.15, 0.2) is 17.7 Å². The predicted octanol–water partition coefficient (Wildman–Crippen LogP) is -3.34. The molecular weight excluding hydrogens is 430 g/mol. The fourth-order valence-corrected chi connectivity index (χ4v) is 3.56. The Morgan fingerprint density at radius 1 is 1.38 bits per heavy atom. The minimum Gasteiger partial charge on any atom is -0.387 e. The summed E-state index contributed by atoms with van der Waals surface area (Å²) in [4.78, 5) is 23.4. The number of nitrogens with zero attached hydrogens (tertiary/aromatic N) is 4. The number of thiol groups is 1. The van der Waals surface area contributed by atoms with Gasteiger partial charge in [0, 0.05) is 5.75 Å². The second kappa shape index (κ2) is 8.34. The lowest BCUT2D eigenvalue weighted by atomic mass is 10.1. The first kappa shape index (κ1) is 21.6. The predicted molar refractivity (Wildman–Crippen MR) is 101 cm³/mol. The Hall–Kier alpha value is -2.08. The molecule has 160 valence electrons. The zero-order valence-electron chi connectivity index (χ0n) is 14.7. The van der Waals surface area contributed by atoms with Gasteiger partial charge in [0.2, 0.25) is 0 Å². The van der Waals surface area contributed by atoms with Gasteiger partial charge >= 0.3 is 10.3 Å². The zero-order chi connectivity index (χ0) is 21.3. The summed E-state index contributed by atoms with van der Waals surface area (Å²) in [5, 5.41) is 20.5. The van der Waals surface area contributed by atoms with E-state index in [9.17, 15) is 23.4 Å². The highest BCUT2D eigenvalue weighted by atomic mass is 32.2. The van der Waals surface area contributed by atoms with Gasteiger partial charge in [0.1, 0.15) is 30.2 Å². The Morgan fingerprint density at radius 3 is 2.79 bits per heavy atom. The number of amides is 1. The van der Waals surface area contributed by atoms with Crippen molar-refractivity contribution in [3.05, 3.63) is 12.7 Å². The van der Waals surface area contributed by atoms with Crippen LogP contribution < -0.4 is 16.2 Å². The first-order chi connectivity index (χ1) is 13.6. The van der Waals surface area contributed by atoms with Crippen molar-refractivity contribution < 1.29 is 32.3 Å². The van der Waals surface area contributed by atoms with E-state index in [4.69, 9.17) is 16.2 Å². The summed E-state index contributed by atoms with van der Waals surface area (Å²) in [5.74, 6) is -0.969. The molecule has 5 unspecified atom stereocenters. The Balaban J connectivity index is 1.70. The quantitative estimate of drug-likeness (QED) is 0.229. The van der Waals surface area contributed by atoms with Crippen LogP contribution in [-0.2, 0) is 24.0 Å². The van der Waals surface area contributed by atoms with Crippen LogP contribution in [0.2, 0.25) is 0 Å². The lowest BCUT2D eigenvalue weighted by Crippen LogP contribution is -2.45. The summed E-state index contributed by atoms with van der Waals surface area (Å²) in [6.45, 7) is -0.683. The van der Waals surface area contributed by atoms with Crippen molar-refractivity contribution in [2.45, 2.75) is 30.6 Å². The molecule has 16 heteroatoms. The van der Waals surface area contributed by atoms with Gasteiger partial charge < -0.3 is 26.4 Å². The molecule has 0 aliphatic carbocycles. The second-order valence-corrected chi connectivity index (χ2v) is 7.84. The maximum Gasteiger partial charge on any atom is 0.362 e. The van der Waals surface area contributed by atoms with E-state index in [0.29, 0.717) is 0 Å². The fourth-order valence-electron chi connectivity index (χ4n) is 2.62. The minimum atomic E-state index is -4.52. The van der Waals surface area contributed by atoms with Gasteiger partial charge in [0.05, 0.1) is 19.0 Å². The molecule has 1 aliphatic rings. The maximum atomic E-state index is 11.8. The minimum absolute atomic E-state index is 0.0768. The molecule has 3 rings (SSSR count). The Kier molecular flexibility index (Phi) is 6.22. The van der Waals surface area contributed by atoms with E-state index < -0.39 is 53.4 Å². The molecule has 2 aromatic rings. The van der Waals surface area contributed by atoms with E-state index in [0.717, 1.165) is 0 Å². The molecule has 0 aromatic carbocycles. The average molecular weight is 449 g/mol. The van der Waals surface area contributed by atoms with E-state index >= 15 is 0 Å². The van der Waals surface area contributed by atoms with E-state index in [1.54, 1.807) is 4.72 Å². The van der Waals surface area contributed by atoms with Crippen molar-refractivity contribution in [2.24, 2.45) is 5.73 Å². The highest BCUT2D eigenvalue weighted by Crippen LogP contribution is 2.32. The number of aliphatic hydroxyl groups excluding tert-OH is 2. The number of aromatic nitrogens is 4. The van der Waals surface area contributed by atoms with Crippen LogP contribution >= 0.6 is 12.6 Å². The lowest BCUT2D eigenvalue weighted by molar-refractivity contribution is -0.120. The largest absolute Gasteiger partial charge is 0.387 e. The SMILES string of the molecule is Nc1ncnc2c1ncn2C1OC(COS(=O)(=O)NC(=O)C(N)CS)C(O)C1O. The van der Waals surface area contributed by atoms with Crippen LogP contribution in [-0.4, -0.2) is 80.8 Å². The fraction of sp³-hybridized carbons (Fsp3) is 0.538. The molecule has 7 N–H and O–H groups in total. The van der Waals surface area contributed by atoms with Gasteiger partial charge in [-0.25, -0.2) is 19.7 Å². The summed E-state index contributed by atoms with van der Waals surface area (Å²) in [6, 6.07) is -1.15. The molecule has 0 saturated carbocycles. The van der Waals surface area contributed by atoms with Gasteiger partial charge in [-0.3, -0.25) is 13.5 Å².